The molecule has 4 nitrogen and oxygen atoms in total. The molecule has 1 aliphatic carbocycles. The molecular formula is C15H23N3O. The van der Waals surface area contributed by atoms with Crippen molar-refractivity contribution in [1.29, 1.82) is 0 Å². The van der Waals surface area contributed by atoms with E-state index in [2.05, 4.69) is 10.3 Å². The van der Waals surface area contributed by atoms with Crippen molar-refractivity contribution in [2.75, 3.05) is 14.1 Å². The van der Waals surface area contributed by atoms with Gasteiger partial charge in [-0.1, -0.05) is 0 Å². The third kappa shape index (κ3) is 3.32. The van der Waals surface area contributed by atoms with Crippen LogP contribution in [0, 0.1) is 6.92 Å². The second-order valence-electron chi connectivity index (χ2n) is 5.40. The smallest absolute Gasteiger partial charge is 0.253 e. The minimum absolute atomic E-state index is 0.110. The van der Waals surface area contributed by atoms with E-state index in [1.165, 1.54) is 0 Å². The molecule has 1 N–H and O–H groups in total. The van der Waals surface area contributed by atoms with E-state index in [1.807, 2.05) is 32.0 Å². The Morgan fingerprint density at radius 2 is 2.05 bits per heavy atom. The van der Waals surface area contributed by atoms with Crippen LogP contribution in [0.3, 0.4) is 0 Å². The van der Waals surface area contributed by atoms with Gasteiger partial charge >= 0.3 is 0 Å². The molecule has 0 saturated heterocycles. The van der Waals surface area contributed by atoms with E-state index in [0.717, 1.165) is 36.9 Å². The van der Waals surface area contributed by atoms with Gasteiger partial charge in [0, 0.05) is 36.6 Å². The van der Waals surface area contributed by atoms with Crippen LogP contribution in [0.15, 0.2) is 18.3 Å². The number of rotatable bonds is 3. The second kappa shape index (κ2) is 6.15. The van der Waals surface area contributed by atoms with Gasteiger partial charge in [-0.25, -0.2) is 0 Å². The normalized spacial score (nSPS) is 23.1. The number of nitrogens with zero attached hydrogens (tertiary/aromatic N) is 2. The summed E-state index contributed by atoms with van der Waals surface area (Å²) in [7, 11) is 3.93. The van der Waals surface area contributed by atoms with E-state index < -0.39 is 0 Å². The number of aromatic nitrogens is 1. The summed E-state index contributed by atoms with van der Waals surface area (Å²) in [5.74, 6) is 0.110. The zero-order valence-corrected chi connectivity index (χ0v) is 12.0. The van der Waals surface area contributed by atoms with E-state index in [9.17, 15) is 4.79 Å². The maximum atomic E-state index is 12.4. The summed E-state index contributed by atoms with van der Waals surface area (Å²) in [6.07, 6.45) is 6.16. The topological polar surface area (TPSA) is 45.2 Å². The quantitative estimate of drug-likeness (QED) is 0.905. The van der Waals surface area contributed by atoms with Crippen molar-refractivity contribution >= 4 is 5.91 Å². The van der Waals surface area contributed by atoms with Crippen LogP contribution in [-0.2, 0) is 0 Å². The predicted octanol–water partition coefficient (Wildman–Crippen LogP) is 1.99. The summed E-state index contributed by atoms with van der Waals surface area (Å²) >= 11 is 0. The van der Waals surface area contributed by atoms with Gasteiger partial charge in [0.2, 0.25) is 0 Å². The molecule has 0 spiro atoms. The largest absolute Gasteiger partial charge is 0.339 e. The van der Waals surface area contributed by atoms with Gasteiger partial charge in [0.05, 0.1) is 0 Å². The predicted molar refractivity (Wildman–Crippen MR) is 76.2 cm³/mol. The van der Waals surface area contributed by atoms with Crippen LogP contribution in [0.2, 0.25) is 0 Å². The summed E-state index contributed by atoms with van der Waals surface area (Å²) < 4.78 is 0. The van der Waals surface area contributed by atoms with Crippen LogP contribution in [0.1, 0.15) is 41.7 Å². The highest BCUT2D eigenvalue weighted by Gasteiger charge is 2.26. The first-order valence-corrected chi connectivity index (χ1v) is 6.99. The minimum atomic E-state index is 0.110. The van der Waals surface area contributed by atoms with Crippen molar-refractivity contribution in [3.8, 4) is 0 Å². The van der Waals surface area contributed by atoms with Crippen molar-refractivity contribution < 1.29 is 4.79 Å². The zero-order valence-electron chi connectivity index (χ0n) is 12.0. The lowest BCUT2D eigenvalue weighted by Gasteiger charge is -2.34. The molecule has 4 heteroatoms. The van der Waals surface area contributed by atoms with E-state index in [4.69, 9.17) is 0 Å². The van der Waals surface area contributed by atoms with Gasteiger partial charge in [0.1, 0.15) is 0 Å². The van der Waals surface area contributed by atoms with Crippen LogP contribution in [-0.4, -0.2) is 42.0 Å². The Morgan fingerprint density at radius 3 is 2.63 bits per heavy atom. The van der Waals surface area contributed by atoms with E-state index >= 15 is 0 Å². The lowest BCUT2D eigenvalue weighted by Crippen LogP contribution is -2.42. The average molecular weight is 261 g/mol. The van der Waals surface area contributed by atoms with Gasteiger partial charge in [-0.2, -0.15) is 0 Å². The third-order valence-electron chi connectivity index (χ3n) is 4.12. The molecule has 0 aliphatic heterocycles. The molecule has 1 aromatic heterocycles. The van der Waals surface area contributed by atoms with Crippen LogP contribution < -0.4 is 5.32 Å². The highest BCUT2D eigenvalue weighted by Crippen LogP contribution is 2.23. The molecule has 0 atom stereocenters. The monoisotopic (exact) mass is 261 g/mol. The van der Waals surface area contributed by atoms with Crippen molar-refractivity contribution in [2.45, 2.75) is 44.7 Å². The average Bonchev–Trinajstić information content (AvgIpc) is 2.46. The molecule has 1 fully saturated rings. The molecule has 1 aromatic rings. The Kier molecular flexibility index (Phi) is 4.53. The van der Waals surface area contributed by atoms with E-state index in [0.29, 0.717) is 12.1 Å². The van der Waals surface area contributed by atoms with Gasteiger partial charge in [-0.05, 0) is 51.8 Å². The highest BCUT2D eigenvalue weighted by atomic mass is 16.2. The lowest BCUT2D eigenvalue weighted by atomic mass is 9.90. The van der Waals surface area contributed by atoms with Gasteiger partial charge < -0.3 is 10.2 Å². The SMILES string of the molecule is CNC1CCC(N(C)C(=O)c2ccnc(C)c2)CC1. The first-order valence-electron chi connectivity index (χ1n) is 6.99. The number of nitrogens with one attached hydrogen (secondary N) is 1. The van der Waals surface area contributed by atoms with Crippen molar-refractivity contribution in [2.24, 2.45) is 0 Å². The Hall–Kier alpha value is -1.42. The van der Waals surface area contributed by atoms with Crippen molar-refractivity contribution in [1.82, 2.24) is 15.2 Å². The second-order valence-corrected chi connectivity index (χ2v) is 5.40. The third-order valence-corrected chi connectivity index (χ3v) is 4.12. The molecule has 1 amide bonds. The summed E-state index contributed by atoms with van der Waals surface area (Å²) in [6, 6.07) is 4.64. The summed E-state index contributed by atoms with van der Waals surface area (Å²) in [6.45, 7) is 1.91. The standard InChI is InChI=1S/C15H23N3O/c1-11-10-12(8-9-17-11)15(19)18(3)14-6-4-13(16-2)5-7-14/h8-10,13-14,16H,4-7H2,1-3H3. The molecule has 0 bridgehead atoms. The molecule has 0 radical (unpaired) electrons. The van der Waals surface area contributed by atoms with Crippen LogP contribution in [0.25, 0.3) is 0 Å². The summed E-state index contributed by atoms with van der Waals surface area (Å²) in [5, 5.41) is 3.32. The zero-order chi connectivity index (χ0) is 13.8. The highest BCUT2D eigenvalue weighted by molar-refractivity contribution is 5.94. The van der Waals surface area contributed by atoms with Gasteiger partial charge in [0.25, 0.3) is 5.91 Å². The summed E-state index contributed by atoms with van der Waals surface area (Å²) in [4.78, 5) is 18.5. The maximum absolute atomic E-state index is 12.4. The summed E-state index contributed by atoms with van der Waals surface area (Å²) in [5.41, 5.74) is 1.63. The first-order chi connectivity index (χ1) is 9.11. The first kappa shape index (κ1) is 14.0. The fraction of sp³-hybridized carbons (Fsp3) is 0.600. The van der Waals surface area contributed by atoms with Crippen LogP contribution in [0.5, 0.6) is 0 Å². The molecule has 1 aliphatic rings. The molecule has 0 aromatic carbocycles. The van der Waals surface area contributed by atoms with E-state index in [-0.39, 0.29) is 5.91 Å². The molecule has 1 saturated carbocycles. The number of carbonyl (C=O) groups excluding carboxylic acids is 1. The molecular weight excluding hydrogens is 238 g/mol. The number of hydrogen-bond acceptors (Lipinski definition) is 3. The number of aryl methyl sites for hydroxylation is 1. The lowest BCUT2D eigenvalue weighted by molar-refractivity contribution is 0.0685. The molecule has 1 heterocycles. The maximum Gasteiger partial charge on any atom is 0.253 e. The molecule has 104 valence electrons. The number of amides is 1. The van der Waals surface area contributed by atoms with Gasteiger partial charge in [-0.15, -0.1) is 0 Å². The fourth-order valence-corrected chi connectivity index (χ4v) is 2.80. The molecule has 19 heavy (non-hydrogen) atoms. The molecule has 0 unspecified atom stereocenters. The number of hydrogen-bond donors (Lipinski definition) is 1. The molecule has 2 rings (SSSR count). The van der Waals surface area contributed by atoms with Crippen LogP contribution >= 0.6 is 0 Å². The fourth-order valence-electron chi connectivity index (χ4n) is 2.80. The Bertz CT molecular complexity index is 439. The van der Waals surface area contributed by atoms with Crippen LogP contribution in [0.4, 0.5) is 0 Å². The minimum Gasteiger partial charge on any atom is -0.339 e. The van der Waals surface area contributed by atoms with Gasteiger partial charge in [0.15, 0.2) is 0 Å². The van der Waals surface area contributed by atoms with Crippen molar-refractivity contribution in [3.05, 3.63) is 29.6 Å². The Morgan fingerprint density at radius 1 is 1.37 bits per heavy atom. The van der Waals surface area contributed by atoms with Crippen molar-refractivity contribution in [3.63, 3.8) is 0 Å². The number of pyridine rings is 1. The van der Waals surface area contributed by atoms with E-state index in [1.54, 1.807) is 12.3 Å². The Balaban J connectivity index is 2.00. The number of carbonyl (C=O) groups is 1. The Labute approximate surface area is 115 Å². The van der Waals surface area contributed by atoms with Gasteiger partial charge in [-0.3, -0.25) is 9.78 Å².